The van der Waals surface area contributed by atoms with Gasteiger partial charge in [0, 0.05) is 11.8 Å². The number of amides is 1. The van der Waals surface area contributed by atoms with Crippen molar-refractivity contribution in [3.63, 3.8) is 0 Å². The van der Waals surface area contributed by atoms with Gasteiger partial charge in [0.25, 0.3) is 0 Å². The predicted molar refractivity (Wildman–Crippen MR) is 112 cm³/mol. The molecule has 4 rings (SSSR count). The minimum absolute atomic E-state index is 0.00992. The highest BCUT2D eigenvalue weighted by atomic mass is 19.4. The molecule has 1 unspecified atom stereocenters. The Balaban J connectivity index is 1.81. The normalized spacial score (nSPS) is 22.5. The number of nitrogens with zero attached hydrogens (tertiary/aromatic N) is 2. The van der Waals surface area contributed by atoms with Gasteiger partial charge in [0.05, 0.1) is 31.2 Å². The first-order valence-electron chi connectivity index (χ1n) is 10.5. The van der Waals surface area contributed by atoms with E-state index in [0.29, 0.717) is 0 Å². The van der Waals surface area contributed by atoms with Crippen LogP contribution in [-0.4, -0.2) is 58.6 Å². The van der Waals surface area contributed by atoms with Crippen molar-refractivity contribution in [1.82, 2.24) is 9.88 Å². The second kappa shape index (κ2) is 7.85. The van der Waals surface area contributed by atoms with Crippen LogP contribution in [0, 0.1) is 0 Å². The van der Waals surface area contributed by atoms with Crippen molar-refractivity contribution in [1.29, 1.82) is 0 Å². The number of rotatable bonds is 1. The zero-order valence-electron chi connectivity index (χ0n) is 19.0. The van der Waals surface area contributed by atoms with Gasteiger partial charge in [-0.25, -0.2) is 14.6 Å². The quantitative estimate of drug-likeness (QED) is 0.566. The van der Waals surface area contributed by atoms with E-state index in [0.717, 1.165) is 12.0 Å². The molecule has 0 aliphatic carbocycles. The van der Waals surface area contributed by atoms with Gasteiger partial charge in [0.2, 0.25) is 0 Å². The number of halogens is 3. The fourth-order valence-electron chi connectivity index (χ4n) is 4.41. The molecule has 2 atom stereocenters. The van der Waals surface area contributed by atoms with Crippen molar-refractivity contribution in [2.75, 3.05) is 13.7 Å². The third kappa shape index (κ3) is 4.14. The predicted octanol–water partition coefficient (Wildman–Crippen LogP) is 4.14. The number of benzene rings is 1. The van der Waals surface area contributed by atoms with E-state index >= 15 is 0 Å². The minimum atomic E-state index is -4.90. The maximum Gasteiger partial charge on any atom is 0.437 e. The van der Waals surface area contributed by atoms with Crippen molar-refractivity contribution < 1.29 is 41.8 Å². The topological polar surface area (TPSA) is 95.0 Å². The summed E-state index contributed by atoms with van der Waals surface area (Å²) in [7, 11) is 1.13. The Morgan fingerprint density at radius 3 is 2.50 bits per heavy atom. The van der Waals surface area contributed by atoms with Gasteiger partial charge < -0.3 is 14.2 Å². The number of likely N-dealkylation sites (tertiary alicyclic amines) is 1. The van der Waals surface area contributed by atoms with Gasteiger partial charge in [-0.15, -0.1) is 0 Å². The zero-order valence-corrected chi connectivity index (χ0v) is 19.0. The molecule has 11 heteroatoms. The van der Waals surface area contributed by atoms with Gasteiger partial charge in [0.15, 0.2) is 17.2 Å². The molecule has 1 fully saturated rings. The number of ether oxygens (including phenoxy) is 3. The lowest BCUT2D eigenvalue weighted by Crippen LogP contribution is -2.47. The zero-order chi connectivity index (χ0) is 25.1. The summed E-state index contributed by atoms with van der Waals surface area (Å²) >= 11 is 0. The van der Waals surface area contributed by atoms with Gasteiger partial charge in [-0.05, 0) is 26.8 Å². The Kier molecular flexibility index (Phi) is 5.49. The molecule has 3 heterocycles. The van der Waals surface area contributed by atoms with Gasteiger partial charge in [-0.3, -0.25) is 9.69 Å². The molecule has 8 nitrogen and oxygen atoms in total. The number of Topliss-reactive ketones (excluding diaryl/α,β-unsaturated/α-hetero) is 1. The molecule has 1 saturated heterocycles. The van der Waals surface area contributed by atoms with Crippen molar-refractivity contribution in [2.24, 2.45) is 0 Å². The summed E-state index contributed by atoms with van der Waals surface area (Å²) in [5.74, 6) is -2.09. The number of fused-ring (bicyclic) bond motifs is 3. The van der Waals surface area contributed by atoms with E-state index in [2.05, 4.69) is 4.98 Å². The van der Waals surface area contributed by atoms with E-state index in [1.165, 1.54) is 18.2 Å². The first-order valence-corrected chi connectivity index (χ1v) is 10.5. The summed E-state index contributed by atoms with van der Waals surface area (Å²) in [5.41, 5.74) is -4.01. The van der Waals surface area contributed by atoms with Crippen molar-refractivity contribution in [3.8, 4) is 5.75 Å². The Morgan fingerprint density at radius 1 is 1.21 bits per heavy atom. The van der Waals surface area contributed by atoms with Gasteiger partial charge in [0.1, 0.15) is 17.2 Å². The van der Waals surface area contributed by atoms with Crippen molar-refractivity contribution in [2.45, 2.75) is 57.0 Å². The molecule has 182 valence electrons. The molecule has 0 N–H and O–H groups in total. The number of carbonyl (C=O) groups excluding carboxylic acids is 3. The van der Waals surface area contributed by atoms with Gasteiger partial charge in [-0.2, -0.15) is 13.2 Å². The second-order valence-electron chi connectivity index (χ2n) is 9.42. The van der Waals surface area contributed by atoms with E-state index < -0.39 is 52.7 Å². The first kappa shape index (κ1) is 23.8. The van der Waals surface area contributed by atoms with Gasteiger partial charge in [-0.1, -0.05) is 18.2 Å². The van der Waals surface area contributed by atoms with Crippen LogP contribution in [0.4, 0.5) is 18.0 Å². The second-order valence-corrected chi connectivity index (χ2v) is 9.42. The number of hydrogen-bond acceptors (Lipinski definition) is 7. The van der Waals surface area contributed by atoms with Crippen LogP contribution >= 0.6 is 0 Å². The summed E-state index contributed by atoms with van der Waals surface area (Å²) in [6.07, 6.45) is -6.35. The fraction of sp³-hybridized carbons (Fsp3) is 0.478. The lowest BCUT2D eigenvalue weighted by Gasteiger charge is -2.36. The van der Waals surface area contributed by atoms with Crippen LogP contribution in [0.25, 0.3) is 10.9 Å². The van der Waals surface area contributed by atoms with E-state index in [1.807, 2.05) is 0 Å². The summed E-state index contributed by atoms with van der Waals surface area (Å²) in [6.45, 7) is 4.56. The van der Waals surface area contributed by atoms with Gasteiger partial charge >= 0.3 is 18.2 Å². The summed E-state index contributed by atoms with van der Waals surface area (Å²) in [4.78, 5) is 43.3. The molecule has 2 aliphatic heterocycles. The van der Waals surface area contributed by atoms with Crippen LogP contribution in [0.1, 0.15) is 49.7 Å². The fourth-order valence-corrected chi connectivity index (χ4v) is 4.41. The highest BCUT2D eigenvalue weighted by molar-refractivity contribution is 6.11. The van der Waals surface area contributed by atoms with Crippen LogP contribution in [0.2, 0.25) is 0 Å². The molecule has 0 saturated carbocycles. The largest absolute Gasteiger partial charge is 0.482 e. The Morgan fingerprint density at radius 2 is 1.88 bits per heavy atom. The lowest BCUT2D eigenvalue weighted by atomic mass is 9.86. The molecular formula is C23H23F3N2O6. The molecular weight excluding hydrogens is 457 g/mol. The summed E-state index contributed by atoms with van der Waals surface area (Å²) in [5, 5.41) is 0.233. The Bertz CT molecular complexity index is 1190. The lowest BCUT2D eigenvalue weighted by molar-refractivity contribution is -0.146. The number of para-hydroxylation sites is 1. The molecule has 1 aromatic carbocycles. The average molecular weight is 480 g/mol. The van der Waals surface area contributed by atoms with Crippen LogP contribution < -0.4 is 4.74 Å². The van der Waals surface area contributed by atoms with E-state index in [4.69, 9.17) is 14.2 Å². The Labute approximate surface area is 193 Å². The summed E-state index contributed by atoms with van der Waals surface area (Å²) in [6, 6.07) is 4.79. The molecule has 1 amide bonds. The van der Waals surface area contributed by atoms with Crippen LogP contribution in [0.3, 0.4) is 0 Å². The molecule has 2 aliphatic rings. The Hall–Kier alpha value is -3.37. The first-order chi connectivity index (χ1) is 15.7. The molecule has 1 spiro atoms. The van der Waals surface area contributed by atoms with Crippen LogP contribution in [-0.2, 0) is 20.4 Å². The van der Waals surface area contributed by atoms with Crippen LogP contribution in [0.5, 0.6) is 5.75 Å². The number of aromatic nitrogens is 1. The van der Waals surface area contributed by atoms with Crippen LogP contribution in [0.15, 0.2) is 24.3 Å². The number of pyridine rings is 1. The number of methoxy groups -OCH3 is 1. The highest BCUT2D eigenvalue weighted by Gasteiger charge is 2.56. The van der Waals surface area contributed by atoms with E-state index in [9.17, 15) is 27.6 Å². The number of hydrogen-bond donors (Lipinski definition) is 0. The summed E-state index contributed by atoms with van der Waals surface area (Å²) < 4.78 is 57.9. The SMILES string of the molecule is COC(=O)[C@@H]1CC2(CC(=O)c3c(c(C(F)(F)F)nc4ccccc34)O2)CN1C(=O)OC(C)(C)C. The molecule has 2 aromatic rings. The monoisotopic (exact) mass is 480 g/mol. The van der Waals surface area contributed by atoms with Crippen molar-refractivity contribution in [3.05, 3.63) is 35.5 Å². The number of ketones is 1. The third-order valence-corrected chi connectivity index (χ3v) is 5.70. The number of alkyl halides is 3. The smallest absolute Gasteiger partial charge is 0.437 e. The van der Waals surface area contributed by atoms with Crippen molar-refractivity contribution >= 4 is 28.7 Å². The maximum atomic E-state index is 13.9. The number of carbonyl (C=O) groups is 3. The minimum Gasteiger partial charge on any atom is -0.482 e. The standard InChI is InChI=1S/C23H23F3N2O6/c1-21(2,3)34-20(31)28-11-22(9-14(28)19(30)32-4)10-15(29)16-12-7-5-6-8-13(12)27-18(17(16)33-22)23(24,25)26/h5-8,14H,9-11H2,1-4H3/t14-,22?/m0/s1. The molecule has 0 bridgehead atoms. The van der Waals surface area contributed by atoms with E-state index in [1.54, 1.807) is 26.8 Å². The molecule has 34 heavy (non-hydrogen) atoms. The third-order valence-electron chi connectivity index (χ3n) is 5.70. The average Bonchev–Trinajstić information content (AvgIpc) is 3.09. The number of esters is 1. The molecule has 0 radical (unpaired) electrons. The maximum absolute atomic E-state index is 13.9. The highest BCUT2D eigenvalue weighted by Crippen LogP contribution is 2.48. The van der Waals surface area contributed by atoms with E-state index in [-0.39, 0.29) is 35.9 Å². The molecule has 1 aromatic heterocycles.